The quantitative estimate of drug-likeness (QED) is 0.225. The number of fused-ring (bicyclic) bond motifs is 1. The number of aryl methyl sites for hydroxylation is 1. The summed E-state index contributed by atoms with van der Waals surface area (Å²) in [5.41, 5.74) is 5.84. The number of anilines is 1. The minimum atomic E-state index is -0.0950. The molecule has 2 aliphatic heterocycles. The van der Waals surface area contributed by atoms with E-state index in [0.29, 0.717) is 12.1 Å². The summed E-state index contributed by atoms with van der Waals surface area (Å²) in [5.74, 6) is 1.10. The molecule has 0 aliphatic carbocycles. The number of benzene rings is 3. The zero-order valence-corrected chi connectivity index (χ0v) is 27.0. The number of likely N-dealkylation sites (tertiary alicyclic amines) is 1. The molecule has 2 fully saturated rings. The fraction of sp³-hybridized carbons (Fsp3) is 0.361. The summed E-state index contributed by atoms with van der Waals surface area (Å²) < 4.78 is 3.87. The van der Waals surface area contributed by atoms with Gasteiger partial charge < -0.3 is 24.7 Å². The lowest BCUT2D eigenvalue weighted by Gasteiger charge is -2.33. The number of hydrogen-bond donors (Lipinski definition) is 0. The van der Waals surface area contributed by atoms with Gasteiger partial charge in [0.1, 0.15) is 6.33 Å². The van der Waals surface area contributed by atoms with Crippen LogP contribution in [0.1, 0.15) is 40.7 Å². The van der Waals surface area contributed by atoms with Crippen LogP contribution in [0.25, 0.3) is 16.7 Å². The molecule has 0 saturated carbocycles. The zero-order valence-electron chi connectivity index (χ0n) is 27.0. The van der Waals surface area contributed by atoms with E-state index in [1.54, 1.807) is 11.0 Å². The molecule has 11 heteroatoms. The van der Waals surface area contributed by atoms with Gasteiger partial charge in [0.15, 0.2) is 0 Å². The van der Waals surface area contributed by atoms with Gasteiger partial charge in [0, 0.05) is 50.2 Å². The van der Waals surface area contributed by atoms with Crippen LogP contribution >= 0.6 is 0 Å². The first-order chi connectivity index (χ1) is 22.5. The molecule has 7 rings (SSSR count). The van der Waals surface area contributed by atoms with Crippen molar-refractivity contribution < 1.29 is 10.3 Å². The molecule has 2 aromatic heterocycles. The average Bonchev–Trinajstić information content (AvgIpc) is 3.82. The van der Waals surface area contributed by atoms with Crippen molar-refractivity contribution in [1.82, 2.24) is 39.6 Å². The molecule has 11 nitrogen and oxygen atoms in total. The number of carbonyl (C=O) groups is 1. The summed E-state index contributed by atoms with van der Waals surface area (Å²) in [5, 5.41) is 11.5. The first-order valence-electron chi connectivity index (χ1n) is 16.3. The lowest BCUT2D eigenvalue weighted by atomic mass is 9.76. The second-order valence-electron chi connectivity index (χ2n) is 12.6. The highest BCUT2D eigenvalue weighted by Crippen LogP contribution is 2.39. The number of rotatable bonds is 9. The van der Waals surface area contributed by atoms with Gasteiger partial charge in [-0.05, 0) is 85.1 Å². The lowest BCUT2D eigenvalue weighted by molar-refractivity contribution is 0.0780. The summed E-state index contributed by atoms with van der Waals surface area (Å²) in [6.07, 6.45) is 6.53. The summed E-state index contributed by atoms with van der Waals surface area (Å²) in [4.78, 5) is 26.1. The topological polar surface area (TPSA) is 120 Å². The van der Waals surface area contributed by atoms with E-state index in [2.05, 4.69) is 91.1 Å². The van der Waals surface area contributed by atoms with Crippen LogP contribution in [0.5, 0.6) is 0 Å². The Labute approximate surface area is 275 Å². The average molecular weight is 634 g/mol. The molecule has 3 aromatic carbocycles. The highest BCUT2D eigenvalue weighted by atomic mass is 16.2. The number of nitrogens with zero attached hydrogens (tertiary/aromatic N) is 9. The molecular weight excluding hydrogens is 590 g/mol. The van der Waals surface area contributed by atoms with Crippen molar-refractivity contribution in [2.75, 3.05) is 50.7 Å². The molecule has 2 N–H and O–H groups in total. The van der Waals surface area contributed by atoms with Gasteiger partial charge in [-0.2, -0.15) is 0 Å². The number of amides is 1. The van der Waals surface area contributed by atoms with Crippen LogP contribution < -0.4 is 4.90 Å². The Hall–Kier alpha value is -4.87. The van der Waals surface area contributed by atoms with Crippen molar-refractivity contribution in [3.8, 4) is 5.69 Å². The minimum absolute atomic E-state index is 0. The third-order valence-electron chi connectivity index (χ3n) is 9.82. The first-order valence-corrected chi connectivity index (χ1v) is 16.3. The second-order valence-corrected chi connectivity index (χ2v) is 12.6. The molecular formula is C36H43N9O2. The fourth-order valence-corrected chi connectivity index (χ4v) is 7.23. The molecule has 2 aliphatic rings. The molecule has 5 aromatic rings. The van der Waals surface area contributed by atoms with Gasteiger partial charge >= 0.3 is 0 Å². The minimum Gasteiger partial charge on any atom is -0.412 e. The predicted molar refractivity (Wildman–Crippen MR) is 184 cm³/mol. The van der Waals surface area contributed by atoms with Crippen molar-refractivity contribution >= 4 is 22.9 Å². The van der Waals surface area contributed by atoms with E-state index in [4.69, 9.17) is 4.98 Å². The number of aromatic nitrogens is 6. The lowest BCUT2D eigenvalue weighted by Crippen LogP contribution is -2.39. The van der Waals surface area contributed by atoms with E-state index in [9.17, 15) is 4.79 Å². The van der Waals surface area contributed by atoms with Gasteiger partial charge in [0.05, 0.1) is 16.7 Å². The van der Waals surface area contributed by atoms with E-state index >= 15 is 0 Å². The normalized spacial score (nSPS) is 18.7. The molecule has 47 heavy (non-hydrogen) atoms. The van der Waals surface area contributed by atoms with Crippen LogP contribution in [0.2, 0.25) is 0 Å². The Balaban J connectivity index is 0.00000386. The first kappa shape index (κ1) is 32.1. The van der Waals surface area contributed by atoms with Crippen molar-refractivity contribution in [2.24, 2.45) is 0 Å². The number of tetrazole rings is 1. The Kier molecular flexibility index (Phi) is 9.46. The molecule has 1 atom stereocenters. The second kappa shape index (κ2) is 13.9. The Morgan fingerprint density at radius 3 is 2.62 bits per heavy atom. The molecule has 2 saturated heterocycles. The maximum absolute atomic E-state index is 14.0. The summed E-state index contributed by atoms with van der Waals surface area (Å²) in [6.45, 7) is 13.1. The molecule has 1 unspecified atom stereocenters. The molecule has 0 spiro atoms. The Morgan fingerprint density at radius 2 is 1.81 bits per heavy atom. The monoisotopic (exact) mass is 633 g/mol. The Bertz CT molecular complexity index is 1820. The highest BCUT2D eigenvalue weighted by molar-refractivity contribution is 5.96. The van der Waals surface area contributed by atoms with E-state index in [0.717, 1.165) is 93.3 Å². The number of para-hydroxylation sites is 2. The number of imidazole rings is 1. The van der Waals surface area contributed by atoms with Crippen molar-refractivity contribution in [2.45, 2.75) is 38.1 Å². The van der Waals surface area contributed by atoms with E-state index in [1.165, 1.54) is 5.56 Å². The molecule has 0 bridgehead atoms. The van der Waals surface area contributed by atoms with Crippen LogP contribution in [-0.4, -0.2) is 96.8 Å². The SMILES string of the molecule is C=CCn1c(N2CCCN(CCC3(c4ccccc4)CCN(C(=O)c4cc(-n5cnnn5)ccc4C)C3)CC2)nc2ccccc21.O. The largest absolute Gasteiger partial charge is 0.412 e. The van der Waals surface area contributed by atoms with Crippen molar-refractivity contribution in [3.05, 3.63) is 108 Å². The van der Waals surface area contributed by atoms with Gasteiger partial charge in [0.25, 0.3) is 5.91 Å². The van der Waals surface area contributed by atoms with Crippen LogP contribution in [0.15, 0.2) is 91.8 Å². The number of hydrogen-bond acceptors (Lipinski definition) is 7. The zero-order chi connectivity index (χ0) is 31.5. The van der Waals surface area contributed by atoms with Gasteiger partial charge in [-0.15, -0.1) is 11.7 Å². The maximum Gasteiger partial charge on any atom is 0.254 e. The Morgan fingerprint density at radius 1 is 0.979 bits per heavy atom. The maximum atomic E-state index is 14.0. The van der Waals surface area contributed by atoms with Crippen LogP contribution in [0.3, 0.4) is 0 Å². The standard InChI is InChI=1S/C36H41N9O.H2O/c1-3-18-44-33-13-8-7-12-32(33)38-35(44)42-20-9-19-41(23-24-42)21-16-36(29-10-5-4-6-11-29)17-22-43(26-36)34(46)31-25-30(15-14-28(31)2)45-27-37-39-40-45;/h3-8,10-15,25,27H,1,9,16-24,26H2,2H3;1H2. The fourth-order valence-electron chi connectivity index (χ4n) is 7.23. The van der Waals surface area contributed by atoms with Gasteiger partial charge in [-0.1, -0.05) is 54.6 Å². The van der Waals surface area contributed by atoms with E-state index < -0.39 is 0 Å². The van der Waals surface area contributed by atoms with Gasteiger partial charge in [-0.3, -0.25) is 4.79 Å². The van der Waals surface area contributed by atoms with Crippen LogP contribution in [0.4, 0.5) is 5.95 Å². The van der Waals surface area contributed by atoms with Crippen molar-refractivity contribution in [1.29, 1.82) is 0 Å². The molecule has 4 heterocycles. The summed E-state index contributed by atoms with van der Waals surface area (Å²) in [6, 6.07) is 25.0. The van der Waals surface area contributed by atoms with E-state index in [1.807, 2.05) is 36.1 Å². The van der Waals surface area contributed by atoms with Gasteiger partial charge in [0.2, 0.25) is 5.95 Å². The molecule has 244 valence electrons. The summed E-state index contributed by atoms with van der Waals surface area (Å²) in [7, 11) is 0. The number of allylic oxidation sites excluding steroid dienone is 1. The van der Waals surface area contributed by atoms with Crippen molar-refractivity contribution in [3.63, 3.8) is 0 Å². The van der Waals surface area contributed by atoms with Crippen LogP contribution in [0, 0.1) is 6.92 Å². The predicted octanol–water partition coefficient (Wildman–Crippen LogP) is 4.07. The third kappa shape index (κ3) is 6.41. The number of carbonyl (C=O) groups excluding carboxylic acids is 1. The summed E-state index contributed by atoms with van der Waals surface area (Å²) >= 11 is 0. The smallest absolute Gasteiger partial charge is 0.254 e. The van der Waals surface area contributed by atoms with Crippen LogP contribution in [-0.2, 0) is 12.0 Å². The van der Waals surface area contributed by atoms with E-state index in [-0.39, 0.29) is 16.8 Å². The van der Waals surface area contributed by atoms with Gasteiger partial charge in [-0.25, -0.2) is 9.67 Å². The third-order valence-corrected chi connectivity index (χ3v) is 9.82. The highest BCUT2D eigenvalue weighted by Gasteiger charge is 2.42. The molecule has 0 radical (unpaired) electrons. The molecule has 1 amide bonds.